The fourth-order valence-corrected chi connectivity index (χ4v) is 2.84. The third kappa shape index (κ3) is 3.29. The maximum atomic E-state index is 12.4. The van der Waals surface area contributed by atoms with Crippen LogP contribution in [0, 0.1) is 10.1 Å². The van der Waals surface area contributed by atoms with E-state index in [1.807, 2.05) is 0 Å². The Labute approximate surface area is 147 Å². The number of non-ortho nitro benzene ring substituents is 1. The Morgan fingerprint density at radius 1 is 1.21 bits per heavy atom. The second-order valence-corrected chi connectivity index (χ2v) is 6.04. The van der Waals surface area contributed by atoms with Crippen molar-refractivity contribution in [3.8, 4) is 5.75 Å². The topological polar surface area (TPSA) is 72.7 Å². The van der Waals surface area contributed by atoms with E-state index in [-0.39, 0.29) is 18.2 Å². The maximum Gasteiger partial charge on any atom is 0.269 e. The minimum Gasteiger partial charge on any atom is -0.484 e. The molecular formula is C16H12Cl2N2O4. The number of fused-ring (bicyclic) bond motifs is 1. The minimum atomic E-state index is -0.446. The Morgan fingerprint density at radius 2 is 2.00 bits per heavy atom. The molecule has 24 heavy (non-hydrogen) atoms. The summed E-state index contributed by atoms with van der Waals surface area (Å²) in [4.78, 5) is 24.3. The summed E-state index contributed by atoms with van der Waals surface area (Å²) in [6, 6.07) is 9.25. The van der Waals surface area contributed by atoms with Gasteiger partial charge in [0.1, 0.15) is 5.75 Å². The van der Waals surface area contributed by atoms with E-state index in [9.17, 15) is 14.9 Å². The van der Waals surface area contributed by atoms with Crippen LogP contribution in [-0.2, 0) is 11.2 Å². The molecule has 0 aromatic heterocycles. The molecule has 0 spiro atoms. The van der Waals surface area contributed by atoms with Gasteiger partial charge in [-0.25, -0.2) is 0 Å². The van der Waals surface area contributed by atoms with Gasteiger partial charge in [-0.3, -0.25) is 14.9 Å². The summed E-state index contributed by atoms with van der Waals surface area (Å²) in [6.07, 6.45) is 0.579. The molecule has 3 rings (SSSR count). The Balaban J connectivity index is 1.69. The van der Waals surface area contributed by atoms with Crippen LogP contribution < -0.4 is 9.64 Å². The predicted octanol–water partition coefficient (Wildman–Crippen LogP) is 3.87. The molecule has 2 aromatic rings. The van der Waals surface area contributed by atoms with Gasteiger partial charge in [0.15, 0.2) is 6.61 Å². The van der Waals surface area contributed by atoms with E-state index in [0.29, 0.717) is 34.4 Å². The molecule has 1 aliphatic heterocycles. The molecule has 8 heteroatoms. The summed E-state index contributed by atoms with van der Waals surface area (Å²) in [5.74, 6) is 0.217. The normalized spacial score (nSPS) is 12.8. The Hall–Kier alpha value is -2.31. The fraction of sp³-hybridized carbons (Fsp3) is 0.188. The molecule has 0 fully saturated rings. The standard InChI is InChI=1S/C16H12Cl2N2O4/c17-13-3-2-12(8-14(13)18)24-9-16(21)19-6-5-10-7-11(20(22)23)1-4-15(10)19/h1-4,7-8H,5-6,9H2. The average Bonchev–Trinajstić information content (AvgIpc) is 2.98. The molecule has 2 aromatic carbocycles. The first-order valence-corrected chi connectivity index (χ1v) is 7.87. The van der Waals surface area contributed by atoms with Crippen molar-refractivity contribution in [3.05, 3.63) is 62.1 Å². The van der Waals surface area contributed by atoms with Gasteiger partial charge in [-0.1, -0.05) is 23.2 Å². The van der Waals surface area contributed by atoms with Crippen molar-refractivity contribution in [2.24, 2.45) is 0 Å². The van der Waals surface area contributed by atoms with Crippen molar-refractivity contribution in [1.29, 1.82) is 0 Å². The molecule has 0 aliphatic carbocycles. The number of anilines is 1. The second kappa shape index (κ2) is 6.67. The van der Waals surface area contributed by atoms with Crippen LogP contribution in [-0.4, -0.2) is 24.0 Å². The van der Waals surface area contributed by atoms with E-state index in [4.69, 9.17) is 27.9 Å². The summed E-state index contributed by atoms with van der Waals surface area (Å²) < 4.78 is 5.45. The van der Waals surface area contributed by atoms with Gasteiger partial charge in [-0.15, -0.1) is 0 Å². The molecule has 0 bridgehead atoms. The lowest BCUT2D eigenvalue weighted by Crippen LogP contribution is -2.33. The number of nitro groups is 1. The number of amides is 1. The third-order valence-corrected chi connectivity index (χ3v) is 4.46. The lowest BCUT2D eigenvalue weighted by Gasteiger charge is -2.17. The first kappa shape index (κ1) is 16.5. The molecule has 0 N–H and O–H groups in total. The van der Waals surface area contributed by atoms with Gasteiger partial charge in [0.25, 0.3) is 11.6 Å². The van der Waals surface area contributed by atoms with Gasteiger partial charge in [0.05, 0.1) is 15.0 Å². The van der Waals surface area contributed by atoms with Crippen molar-refractivity contribution in [3.63, 3.8) is 0 Å². The molecule has 1 amide bonds. The van der Waals surface area contributed by atoms with Crippen molar-refractivity contribution in [1.82, 2.24) is 0 Å². The molecule has 0 radical (unpaired) electrons. The van der Waals surface area contributed by atoms with Crippen LogP contribution in [0.1, 0.15) is 5.56 Å². The van der Waals surface area contributed by atoms with Crippen molar-refractivity contribution >= 4 is 40.5 Å². The van der Waals surface area contributed by atoms with E-state index < -0.39 is 4.92 Å². The highest BCUT2D eigenvalue weighted by Gasteiger charge is 2.26. The zero-order chi connectivity index (χ0) is 17.3. The van der Waals surface area contributed by atoms with E-state index in [2.05, 4.69) is 0 Å². The molecule has 6 nitrogen and oxygen atoms in total. The summed E-state index contributed by atoms with van der Waals surface area (Å²) in [7, 11) is 0. The number of ether oxygens (including phenoxy) is 1. The number of carbonyl (C=O) groups is 1. The van der Waals surface area contributed by atoms with Crippen LogP contribution in [0.3, 0.4) is 0 Å². The minimum absolute atomic E-state index is 0.0232. The largest absolute Gasteiger partial charge is 0.484 e. The first-order valence-electron chi connectivity index (χ1n) is 7.11. The molecule has 0 saturated carbocycles. The SMILES string of the molecule is O=C(COc1ccc(Cl)c(Cl)c1)N1CCc2cc([N+](=O)[O-])ccc21. The van der Waals surface area contributed by atoms with E-state index in [1.165, 1.54) is 12.1 Å². The van der Waals surface area contributed by atoms with Gasteiger partial charge in [-0.2, -0.15) is 0 Å². The maximum absolute atomic E-state index is 12.4. The second-order valence-electron chi connectivity index (χ2n) is 5.23. The van der Waals surface area contributed by atoms with E-state index in [0.717, 1.165) is 5.56 Å². The molecular weight excluding hydrogens is 355 g/mol. The molecule has 0 atom stereocenters. The summed E-state index contributed by atoms with van der Waals surface area (Å²) in [5, 5.41) is 11.6. The van der Waals surface area contributed by atoms with Gasteiger partial charge < -0.3 is 9.64 Å². The van der Waals surface area contributed by atoms with Crippen LogP contribution in [0.2, 0.25) is 10.0 Å². The quantitative estimate of drug-likeness (QED) is 0.608. The number of hydrogen-bond donors (Lipinski definition) is 0. The Morgan fingerprint density at radius 3 is 2.71 bits per heavy atom. The number of nitro benzene ring substituents is 1. The van der Waals surface area contributed by atoms with Gasteiger partial charge in [0.2, 0.25) is 0 Å². The number of halogens is 2. The Kier molecular flexibility index (Phi) is 4.59. The average molecular weight is 367 g/mol. The zero-order valence-corrected chi connectivity index (χ0v) is 13.9. The highest BCUT2D eigenvalue weighted by Crippen LogP contribution is 2.31. The predicted molar refractivity (Wildman–Crippen MR) is 91.1 cm³/mol. The van der Waals surface area contributed by atoms with Gasteiger partial charge in [-0.05, 0) is 30.2 Å². The molecule has 1 aliphatic rings. The monoisotopic (exact) mass is 366 g/mol. The number of rotatable bonds is 4. The summed E-state index contributed by atoms with van der Waals surface area (Å²) in [6.45, 7) is 0.314. The summed E-state index contributed by atoms with van der Waals surface area (Å²) in [5.41, 5.74) is 1.49. The van der Waals surface area contributed by atoms with Crippen molar-refractivity contribution in [2.45, 2.75) is 6.42 Å². The van der Waals surface area contributed by atoms with Crippen LogP contribution >= 0.6 is 23.2 Å². The summed E-state index contributed by atoms with van der Waals surface area (Å²) >= 11 is 11.7. The van der Waals surface area contributed by atoms with Gasteiger partial charge >= 0.3 is 0 Å². The Bertz CT molecular complexity index is 826. The van der Waals surface area contributed by atoms with Gasteiger partial charge in [0, 0.05) is 30.4 Å². The van der Waals surface area contributed by atoms with Crippen LogP contribution in [0.25, 0.3) is 0 Å². The van der Waals surface area contributed by atoms with Crippen molar-refractivity contribution in [2.75, 3.05) is 18.1 Å². The highest BCUT2D eigenvalue weighted by molar-refractivity contribution is 6.42. The first-order chi connectivity index (χ1) is 11.5. The van der Waals surface area contributed by atoms with Crippen LogP contribution in [0.15, 0.2) is 36.4 Å². The smallest absolute Gasteiger partial charge is 0.269 e. The molecule has 0 unspecified atom stereocenters. The molecule has 124 valence electrons. The number of nitrogens with zero attached hydrogens (tertiary/aromatic N) is 2. The fourth-order valence-electron chi connectivity index (χ4n) is 2.55. The number of hydrogen-bond acceptors (Lipinski definition) is 4. The molecule has 1 heterocycles. The number of benzene rings is 2. The molecule has 0 saturated heterocycles. The van der Waals surface area contributed by atoms with Crippen LogP contribution in [0.5, 0.6) is 5.75 Å². The van der Waals surface area contributed by atoms with E-state index in [1.54, 1.807) is 29.2 Å². The lowest BCUT2D eigenvalue weighted by atomic mass is 10.1. The lowest BCUT2D eigenvalue weighted by molar-refractivity contribution is -0.384. The highest BCUT2D eigenvalue weighted by atomic mass is 35.5. The van der Waals surface area contributed by atoms with E-state index >= 15 is 0 Å². The van der Waals surface area contributed by atoms with Crippen molar-refractivity contribution < 1.29 is 14.5 Å². The third-order valence-electron chi connectivity index (χ3n) is 3.72. The zero-order valence-electron chi connectivity index (χ0n) is 12.4. The number of carbonyl (C=O) groups excluding carboxylic acids is 1. The van der Waals surface area contributed by atoms with Crippen LogP contribution in [0.4, 0.5) is 11.4 Å².